The van der Waals surface area contributed by atoms with Crippen molar-refractivity contribution in [1.82, 2.24) is 19.9 Å². The summed E-state index contributed by atoms with van der Waals surface area (Å²) in [7, 11) is 0. The van der Waals surface area contributed by atoms with Crippen molar-refractivity contribution >= 4 is 17.6 Å². The molecule has 0 aromatic carbocycles. The molecule has 2 heterocycles. The Hall–Kier alpha value is -2.45. The normalized spacial score (nSPS) is 15.8. The first kappa shape index (κ1) is 19.3. The summed E-state index contributed by atoms with van der Waals surface area (Å²) in [4.78, 5) is 16.7. The number of pyridine rings is 1. The summed E-state index contributed by atoms with van der Waals surface area (Å²) in [6.45, 7) is 3.94. The molecule has 0 bridgehead atoms. The number of alkyl halides is 3. The SMILES string of the molecule is CC(C)Nc1nc(Nc2ccnc(C(F)(F)F)c2)nc(C2CCCCC2)n1. The van der Waals surface area contributed by atoms with Gasteiger partial charge in [-0.15, -0.1) is 0 Å². The first-order chi connectivity index (χ1) is 12.8. The maximum atomic E-state index is 12.9. The van der Waals surface area contributed by atoms with Crippen LogP contribution in [0.3, 0.4) is 0 Å². The maximum absolute atomic E-state index is 12.9. The summed E-state index contributed by atoms with van der Waals surface area (Å²) in [5.74, 6) is 1.58. The van der Waals surface area contributed by atoms with Crippen molar-refractivity contribution in [2.75, 3.05) is 10.6 Å². The van der Waals surface area contributed by atoms with Gasteiger partial charge in [-0.1, -0.05) is 19.3 Å². The van der Waals surface area contributed by atoms with Gasteiger partial charge in [0.15, 0.2) is 0 Å². The molecule has 1 aliphatic rings. The van der Waals surface area contributed by atoms with Crippen LogP contribution in [0.25, 0.3) is 0 Å². The van der Waals surface area contributed by atoms with E-state index in [1.807, 2.05) is 13.8 Å². The Morgan fingerprint density at radius 3 is 2.41 bits per heavy atom. The minimum atomic E-state index is -4.51. The van der Waals surface area contributed by atoms with Crippen LogP contribution in [0, 0.1) is 0 Å². The smallest absolute Gasteiger partial charge is 0.352 e. The summed E-state index contributed by atoms with van der Waals surface area (Å²) in [5.41, 5.74) is -0.733. The van der Waals surface area contributed by atoms with E-state index in [0.29, 0.717) is 11.8 Å². The summed E-state index contributed by atoms with van der Waals surface area (Å²) >= 11 is 0. The van der Waals surface area contributed by atoms with Gasteiger partial charge in [0.2, 0.25) is 11.9 Å². The van der Waals surface area contributed by atoms with Crippen LogP contribution in [0.2, 0.25) is 0 Å². The van der Waals surface area contributed by atoms with Crippen LogP contribution in [0.1, 0.15) is 63.4 Å². The van der Waals surface area contributed by atoms with Gasteiger partial charge in [0.05, 0.1) is 0 Å². The number of rotatable bonds is 5. The van der Waals surface area contributed by atoms with Crippen LogP contribution in [-0.2, 0) is 6.18 Å². The molecule has 2 aromatic heterocycles. The third-order valence-corrected chi connectivity index (χ3v) is 4.35. The zero-order valence-electron chi connectivity index (χ0n) is 15.3. The van der Waals surface area contributed by atoms with Crippen LogP contribution < -0.4 is 10.6 Å². The quantitative estimate of drug-likeness (QED) is 0.769. The molecular weight excluding hydrogens is 357 g/mol. The van der Waals surface area contributed by atoms with Gasteiger partial charge >= 0.3 is 6.18 Å². The van der Waals surface area contributed by atoms with Gasteiger partial charge in [0.25, 0.3) is 0 Å². The number of hydrogen-bond acceptors (Lipinski definition) is 6. The average Bonchev–Trinajstić information content (AvgIpc) is 2.61. The zero-order chi connectivity index (χ0) is 19.4. The Labute approximate surface area is 156 Å². The average molecular weight is 380 g/mol. The van der Waals surface area contributed by atoms with E-state index >= 15 is 0 Å². The van der Waals surface area contributed by atoms with Crippen molar-refractivity contribution in [2.24, 2.45) is 0 Å². The van der Waals surface area contributed by atoms with Crippen LogP contribution in [0.4, 0.5) is 30.8 Å². The fraction of sp³-hybridized carbons (Fsp3) is 0.556. The molecule has 0 aliphatic heterocycles. The van der Waals surface area contributed by atoms with Crippen LogP contribution >= 0.6 is 0 Å². The number of anilines is 3. The molecule has 1 fully saturated rings. The van der Waals surface area contributed by atoms with Crippen molar-refractivity contribution in [3.63, 3.8) is 0 Å². The lowest BCUT2D eigenvalue weighted by Gasteiger charge is -2.21. The maximum Gasteiger partial charge on any atom is 0.433 e. The molecule has 3 rings (SSSR count). The summed E-state index contributed by atoms with van der Waals surface area (Å²) < 4.78 is 38.6. The Bertz CT molecular complexity index is 772. The van der Waals surface area contributed by atoms with E-state index in [4.69, 9.17) is 0 Å². The van der Waals surface area contributed by atoms with E-state index in [1.165, 1.54) is 12.5 Å². The van der Waals surface area contributed by atoms with E-state index in [2.05, 4.69) is 30.6 Å². The summed E-state index contributed by atoms with van der Waals surface area (Å²) in [6, 6.07) is 2.52. The van der Waals surface area contributed by atoms with Crippen LogP contribution in [0.15, 0.2) is 18.3 Å². The van der Waals surface area contributed by atoms with Gasteiger partial charge in [-0.05, 0) is 38.8 Å². The van der Waals surface area contributed by atoms with E-state index in [0.717, 1.165) is 37.9 Å². The molecule has 2 N–H and O–H groups in total. The number of aromatic nitrogens is 4. The minimum Gasteiger partial charge on any atom is -0.352 e. The molecule has 9 heteroatoms. The fourth-order valence-electron chi connectivity index (χ4n) is 3.11. The number of nitrogens with zero attached hydrogens (tertiary/aromatic N) is 4. The van der Waals surface area contributed by atoms with Crippen molar-refractivity contribution < 1.29 is 13.2 Å². The number of nitrogens with one attached hydrogen (secondary N) is 2. The van der Waals surface area contributed by atoms with Crippen molar-refractivity contribution in [3.05, 3.63) is 29.8 Å². The van der Waals surface area contributed by atoms with Gasteiger partial charge in [0, 0.05) is 23.8 Å². The standard InChI is InChI=1S/C18H23F3N6/c1-11(2)23-16-25-15(12-6-4-3-5-7-12)26-17(27-16)24-13-8-9-22-14(10-13)18(19,20)21/h8-12H,3-7H2,1-2H3,(H2,22,23,24,25,26,27). The topological polar surface area (TPSA) is 75.6 Å². The third kappa shape index (κ3) is 5.27. The predicted molar refractivity (Wildman–Crippen MR) is 96.9 cm³/mol. The second-order valence-corrected chi connectivity index (χ2v) is 7.03. The Kier molecular flexibility index (Phi) is 5.76. The lowest BCUT2D eigenvalue weighted by Crippen LogP contribution is -2.17. The molecule has 0 unspecified atom stereocenters. The molecule has 1 saturated carbocycles. The largest absolute Gasteiger partial charge is 0.433 e. The van der Waals surface area contributed by atoms with Gasteiger partial charge in [-0.3, -0.25) is 4.98 Å². The molecule has 27 heavy (non-hydrogen) atoms. The summed E-state index contributed by atoms with van der Waals surface area (Å²) in [6.07, 6.45) is 2.10. The molecule has 1 aliphatic carbocycles. The Morgan fingerprint density at radius 2 is 1.74 bits per heavy atom. The number of halogens is 3. The first-order valence-corrected chi connectivity index (χ1v) is 9.14. The molecule has 146 valence electrons. The van der Waals surface area contributed by atoms with Gasteiger partial charge in [-0.25, -0.2) is 0 Å². The van der Waals surface area contributed by atoms with Gasteiger partial charge < -0.3 is 10.6 Å². The van der Waals surface area contributed by atoms with Crippen LogP contribution in [-0.4, -0.2) is 26.0 Å². The highest BCUT2D eigenvalue weighted by Gasteiger charge is 2.32. The monoisotopic (exact) mass is 380 g/mol. The summed E-state index contributed by atoms with van der Waals surface area (Å²) in [5, 5.41) is 6.02. The second kappa shape index (κ2) is 8.06. The molecule has 0 amide bonds. The first-order valence-electron chi connectivity index (χ1n) is 9.14. The van der Waals surface area contributed by atoms with Crippen LogP contribution in [0.5, 0.6) is 0 Å². The molecule has 0 radical (unpaired) electrons. The van der Waals surface area contributed by atoms with Crippen molar-refractivity contribution in [3.8, 4) is 0 Å². The van der Waals surface area contributed by atoms with Crippen molar-refractivity contribution in [1.29, 1.82) is 0 Å². The number of hydrogen-bond donors (Lipinski definition) is 2. The molecule has 2 aromatic rings. The zero-order valence-corrected chi connectivity index (χ0v) is 15.3. The van der Waals surface area contributed by atoms with Crippen molar-refractivity contribution in [2.45, 2.75) is 64.1 Å². The fourth-order valence-corrected chi connectivity index (χ4v) is 3.11. The van der Waals surface area contributed by atoms with E-state index in [-0.39, 0.29) is 23.6 Å². The Balaban J connectivity index is 1.89. The van der Waals surface area contributed by atoms with Gasteiger partial charge in [0.1, 0.15) is 11.5 Å². The molecule has 0 spiro atoms. The Morgan fingerprint density at radius 1 is 1.04 bits per heavy atom. The van der Waals surface area contributed by atoms with E-state index in [9.17, 15) is 13.2 Å². The lowest BCUT2D eigenvalue weighted by atomic mass is 9.89. The highest BCUT2D eigenvalue weighted by molar-refractivity contribution is 5.54. The molecule has 0 saturated heterocycles. The highest BCUT2D eigenvalue weighted by atomic mass is 19.4. The molecular formula is C18H23F3N6. The molecule has 6 nitrogen and oxygen atoms in total. The third-order valence-electron chi connectivity index (χ3n) is 4.35. The highest BCUT2D eigenvalue weighted by Crippen LogP contribution is 2.32. The predicted octanol–water partition coefficient (Wildman–Crippen LogP) is 4.90. The van der Waals surface area contributed by atoms with E-state index < -0.39 is 11.9 Å². The second-order valence-electron chi connectivity index (χ2n) is 7.03. The lowest BCUT2D eigenvalue weighted by molar-refractivity contribution is -0.141. The molecule has 0 atom stereocenters. The van der Waals surface area contributed by atoms with Gasteiger partial charge in [-0.2, -0.15) is 28.1 Å². The minimum absolute atomic E-state index is 0.122. The van der Waals surface area contributed by atoms with E-state index in [1.54, 1.807) is 0 Å².